The third-order valence-electron chi connectivity index (χ3n) is 5.06. The molecule has 0 N–H and O–H groups in total. The summed E-state index contributed by atoms with van der Waals surface area (Å²) in [7, 11) is -1.65. The van der Waals surface area contributed by atoms with Crippen LogP contribution in [-0.2, 0) is 22.7 Å². The molecule has 0 aliphatic heterocycles. The van der Waals surface area contributed by atoms with Gasteiger partial charge in [0, 0.05) is 29.3 Å². The van der Waals surface area contributed by atoms with E-state index in [2.05, 4.69) is 27.3 Å². The number of aromatic nitrogens is 4. The van der Waals surface area contributed by atoms with Crippen LogP contribution in [-0.4, -0.2) is 41.4 Å². The minimum absolute atomic E-state index is 0.0485. The van der Waals surface area contributed by atoms with Crippen LogP contribution in [0, 0.1) is 6.92 Å². The quantitative estimate of drug-likeness (QED) is 0.474. The van der Waals surface area contributed by atoms with Gasteiger partial charge in [0.25, 0.3) is 0 Å². The molecular weight excluding hydrogens is 400 g/mol. The van der Waals surface area contributed by atoms with E-state index >= 15 is 0 Å². The molecule has 30 heavy (non-hydrogen) atoms. The Morgan fingerprint density at radius 1 is 1.07 bits per heavy atom. The Morgan fingerprint density at radius 3 is 2.60 bits per heavy atom. The van der Waals surface area contributed by atoms with Crippen LogP contribution >= 0.6 is 0 Å². The van der Waals surface area contributed by atoms with Gasteiger partial charge in [-0.05, 0) is 61.2 Å². The van der Waals surface area contributed by atoms with Crippen molar-refractivity contribution in [3.63, 3.8) is 0 Å². The second-order valence-corrected chi connectivity index (χ2v) is 9.20. The molecule has 0 aliphatic carbocycles. The lowest BCUT2D eigenvalue weighted by Crippen LogP contribution is -2.02. The number of methoxy groups -OCH3 is 1. The van der Waals surface area contributed by atoms with Crippen molar-refractivity contribution in [1.82, 2.24) is 19.6 Å². The van der Waals surface area contributed by atoms with E-state index in [0.717, 1.165) is 52.8 Å². The van der Waals surface area contributed by atoms with Gasteiger partial charge < -0.3 is 4.74 Å². The molecule has 4 aromatic rings. The van der Waals surface area contributed by atoms with Crippen molar-refractivity contribution in [2.45, 2.75) is 24.8 Å². The van der Waals surface area contributed by atoms with Gasteiger partial charge in [0.15, 0.2) is 20.5 Å². The highest BCUT2D eigenvalue weighted by atomic mass is 32.2. The average Bonchev–Trinajstić information content (AvgIpc) is 3.22. The van der Waals surface area contributed by atoms with E-state index in [4.69, 9.17) is 4.74 Å². The lowest BCUT2D eigenvalue weighted by molar-refractivity contribution is 0.409. The number of rotatable bonds is 6. The molecule has 0 saturated carbocycles. The number of aryl methyl sites for hydroxylation is 3. The highest BCUT2D eigenvalue weighted by Gasteiger charge is 2.13. The van der Waals surface area contributed by atoms with Gasteiger partial charge in [-0.3, -0.25) is 4.40 Å². The van der Waals surface area contributed by atoms with Crippen molar-refractivity contribution >= 4 is 15.5 Å². The van der Waals surface area contributed by atoms with Gasteiger partial charge >= 0.3 is 0 Å². The minimum Gasteiger partial charge on any atom is -0.496 e. The zero-order valence-corrected chi connectivity index (χ0v) is 17.8. The third kappa shape index (κ3) is 3.91. The molecule has 4 rings (SSSR count). The maximum atomic E-state index is 11.7. The van der Waals surface area contributed by atoms with Gasteiger partial charge in [-0.2, -0.15) is 0 Å². The van der Waals surface area contributed by atoms with E-state index in [9.17, 15) is 8.42 Å². The maximum Gasteiger partial charge on any atom is 0.192 e. The van der Waals surface area contributed by atoms with Crippen LogP contribution in [0.3, 0.4) is 0 Å². The van der Waals surface area contributed by atoms with E-state index in [-0.39, 0.29) is 5.03 Å². The first-order valence-electron chi connectivity index (χ1n) is 9.48. The molecule has 0 unspecified atom stereocenters. The van der Waals surface area contributed by atoms with Gasteiger partial charge in [0.2, 0.25) is 0 Å². The zero-order chi connectivity index (χ0) is 21.3. The number of pyridine rings is 2. The molecule has 0 spiro atoms. The first-order chi connectivity index (χ1) is 14.4. The van der Waals surface area contributed by atoms with Crippen LogP contribution in [0.25, 0.3) is 16.8 Å². The maximum absolute atomic E-state index is 11.7. The highest BCUT2D eigenvalue weighted by molar-refractivity contribution is 7.90. The molecule has 0 atom stereocenters. The largest absolute Gasteiger partial charge is 0.496 e. The summed E-state index contributed by atoms with van der Waals surface area (Å²) in [5, 5.41) is 8.40. The highest BCUT2D eigenvalue weighted by Crippen LogP contribution is 2.26. The Balaban J connectivity index is 1.65. The molecule has 0 saturated heterocycles. The monoisotopic (exact) mass is 422 g/mol. The lowest BCUT2D eigenvalue weighted by Gasteiger charge is -2.12. The molecule has 0 aliphatic rings. The molecule has 0 bridgehead atoms. The van der Waals surface area contributed by atoms with Crippen LogP contribution in [0.1, 0.15) is 16.8 Å². The molecular formula is C22H22N4O3S. The molecule has 1 aromatic carbocycles. The number of hydrogen-bond donors (Lipinski definition) is 0. The average molecular weight is 423 g/mol. The Bertz CT molecular complexity index is 1310. The summed E-state index contributed by atoms with van der Waals surface area (Å²) in [6.07, 6.45) is 6.00. The van der Waals surface area contributed by atoms with E-state index in [1.807, 2.05) is 29.5 Å². The van der Waals surface area contributed by atoms with Gasteiger partial charge in [0.05, 0.1) is 7.11 Å². The Kier molecular flexibility index (Phi) is 5.26. The molecule has 3 heterocycles. The molecule has 7 nitrogen and oxygen atoms in total. The zero-order valence-electron chi connectivity index (χ0n) is 17.0. The summed E-state index contributed by atoms with van der Waals surface area (Å²) in [5.74, 6) is 0.892. The normalized spacial score (nSPS) is 11.7. The number of hydrogen-bond acceptors (Lipinski definition) is 6. The number of fused-ring (bicyclic) bond motifs is 1. The molecule has 8 heteroatoms. The first kappa shape index (κ1) is 20.0. The fraction of sp³-hybridized carbons (Fsp3) is 0.227. The van der Waals surface area contributed by atoms with Crippen LogP contribution in [0.4, 0.5) is 0 Å². The third-order valence-corrected chi connectivity index (χ3v) is 6.06. The lowest BCUT2D eigenvalue weighted by atomic mass is 10.0. The van der Waals surface area contributed by atoms with Gasteiger partial charge in [0.1, 0.15) is 12.1 Å². The van der Waals surface area contributed by atoms with Crippen molar-refractivity contribution in [3.8, 4) is 16.9 Å². The van der Waals surface area contributed by atoms with Crippen molar-refractivity contribution in [2.24, 2.45) is 0 Å². The van der Waals surface area contributed by atoms with E-state index in [1.54, 1.807) is 25.7 Å². The summed E-state index contributed by atoms with van der Waals surface area (Å²) >= 11 is 0. The van der Waals surface area contributed by atoms with Crippen LogP contribution in [0.2, 0.25) is 0 Å². The van der Waals surface area contributed by atoms with Crippen LogP contribution in [0.5, 0.6) is 5.75 Å². The van der Waals surface area contributed by atoms with Crippen LogP contribution in [0.15, 0.2) is 60.0 Å². The molecule has 0 amide bonds. The van der Waals surface area contributed by atoms with Gasteiger partial charge in [-0.15, -0.1) is 10.2 Å². The number of nitrogens with zero attached hydrogens (tertiary/aromatic N) is 4. The molecule has 3 aromatic heterocycles. The predicted octanol–water partition coefficient (Wildman–Crippen LogP) is 3.30. The van der Waals surface area contributed by atoms with E-state index < -0.39 is 9.84 Å². The number of ether oxygens (including phenoxy) is 1. The fourth-order valence-corrected chi connectivity index (χ4v) is 4.03. The summed E-state index contributed by atoms with van der Waals surface area (Å²) in [5.41, 5.74) is 5.72. The smallest absolute Gasteiger partial charge is 0.192 e. The second kappa shape index (κ2) is 7.87. The predicted molar refractivity (Wildman–Crippen MR) is 114 cm³/mol. The topological polar surface area (TPSA) is 86.5 Å². The summed E-state index contributed by atoms with van der Waals surface area (Å²) in [6.45, 7) is 2.04. The summed E-state index contributed by atoms with van der Waals surface area (Å²) in [6, 6.07) is 13.5. The molecule has 154 valence electrons. The second-order valence-electron chi connectivity index (χ2n) is 7.24. The number of sulfone groups is 1. The van der Waals surface area contributed by atoms with Crippen molar-refractivity contribution < 1.29 is 13.2 Å². The van der Waals surface area contributed by atoms with Gasteiger partial charge in [-0.1, -0.05) is 12.1 Å². The minimum atomic E-state index is -3.34. The summed E-state index contributed by atoms with van der Waals surface area (Å²) < 4.78 is 30.8. The van der Waals surface area contributed by atoms with Crippen molar-refractivity contribution in [2.75, 3.05) is 13.4 Å². The van der Waals surface area contributed by atoms with Crippen molar-refractivity contribution in [3.05, 3.63) is 71.8 Å². The molecule has 0 radical (unpaired) electrons. The Morgan fingerprint density at radius 2 is 1.90 bits per heavy atom. The number of benzene rings is 1. The Hall–Kier alpha value is -3.26. The fourth-order valence-electron chi connectivity index (χ4n) is 3.47. The van der Waals surface area contributed by atoms with E-state index in [0.29, 0.717) is 5.65 Å². The van der Waals surface area contributed by atoms with Gasteiger partial charge in [-0.25, -0.2) is 13.4 Å². The van der Waals surface area contributed by atoms with Crippen LogP contribution < -0.4 is 4.74 Å². The van der Waals surface area contributed by atoms with Crippen molar-refractivity contribution in [1.29, 1.82) is 0 Å². The van der Waals surface area contributed by atoms with E-state index in [1.165, 1.54) is 6.07 Å². The first-order valence-corrected chi connectivity index (χ1v) is 11.4. The SMILES string of the molecule is COc1cc(C)ccc1CCc1ccc(-c2ccc(S(C)(=O)=O)nc2)c2nncn12. The molecule has 0 fully saturated rings. The standard InChI is InChI=1S/C22H22N4O3S/c1-15-4-5-16(20(12-15)29-2)6-8-18-9-10-19(22-25-24-14-26(18)22)17-7-11-21(23-13-17)30(3,27)28/h4-5,7,9-14H,6,8H2,1-3H3. The Labute approximate surface area is 175 Å². The summed E-state index contributed by atoms with van der Waals surface area (Å²) in [4.78, 5) is 4.08.